The summed E-state index contributed by atoms with van der Waals surface area (Å²) in [5.41, 5.74) is 1.27. The first kappa shape index (κ1) is 16.8. The average molecular weight is 310 g/mol. The van der Waals surface area contributed by atoms with Crippen LogP contribution in [0, 0.1) is 5.92 Å². The van der Waals surface area contributed by atoms with Gasteiger partial charge in [-0.05, 0) is 55.7 Å². The number of hydrogen-bond donors (Lipinski definition) is 1. The Balaban J connectivity index is 1.93. The molecule has 118 valence electrons. The van der Waals surface area contributed by atoms with E-state index >= 15 is 0 Å². The Hall–Kier alpha value is -0.570. The highest BCUT2D eigenvalue weighted by Gasteiger charge is 2.20. The molecule has 0 saturated carbocycles. The van der Waals surface area contributed by atoms with Crippen LogP contribution in [0.1, 0.15) is 51.0 Å². The molecule has 0 radical (unpaired) electrons. The fraction of sp³-hybridized carbons (Fsp3) is 0.667. The van der Waals surface area contributed by atoms with Crippen LogP contribution in [0.5, 0.6) is 0 Å². The van der Waals surface area contributed by atoms with Crippen molar-refractivity contribution in [2.75, 3.05) is 19.7 Å². The molecule has 1 aliphatic heterocycles. The Morgan fingerprint density at radius 3 is 2.76 bits per heavy atom. The van der Waals surface area contributed by atoms with Gasteiger partial charge in [0.25, 0.3) is 0 Å². The second-order valence-electron chi connectivity index (χ2n) is 6.48. The first-order chi connectivity index (χ1) is 10.2. The van der Waals surface area contributed by atoms with E-state index in [1.165, 1.54) is 18.4 Å². The summed E-state index contributed by atoms with van der Waals surface area (Å²) in [5.74, 6) is 1.15. The van der Waals surface area contributed by atoms with Crippen molar-refractivity contribution in [3.05, 3.63) is 34.9 Å². The third-order valence-electron chi connectivity index (χ3n) is 4.15. The van der Waals surface area contributed by atoms with E-state index in [-0.39, 0.29) is 0 Å². The maximum atomic E-state index is 6.40. The van der Waals surface area contributed by atoms with Crippen LogP contribution in [0.4, 0.5) is 0 Å². The summed E-state index contributed by atoms with van der Waals surface area (Å²) in [5, 5.41) is 4.48. The van der Waals surface area contributed by atoms with Crippen LogP contribution in [0.25, 0.3) is 0 Å². The third kappa shape index (κ3) is 5.61. The second-order valence-corrected chi connectivity index (χ2v) is 6.89. The molecule has 1 heterocycles. The Bertz CT molecular complexity index is 415. The Morgan fingerprint density at radius 2 is 2.10 bits per heavy atom. The van der Waals surface area contributed by atoms with E-state index in [9.17, 15) is 0 Å². The number of hydrogen-bond acceptors (Lipinski definition) is 2. The molecule has 1 aromatic rings. The van der Waals surface area contributed by atoms with Gasteiger partial charge in [-0.15, -0.1) is 0 Å². The number of halogens is 1. The molecule has 2 unspecified atom stereocenters. The summed E-state index contributed by atoms with van der Waals surface area (Å²) in [7, 11) is 0. The van der Waals surface area contributed by atoms with E-state index < -0.39 is 0 Å². The van der Waals surface area contributed by atoms with E-state index in [1.54, 1.807) is 0 Å². The molecule has 21 heavy (non-hydrogen) atoms. The highest BCUT2D eigenvalue weighted by atomic mass is 35.5. The molecule has 0 aromatic heterocycles. The van der Waals surface area contributed by atoms with Gasteiger partial charge < -0.3 is 10.1 Å². The van der Waals surface area contributed by atoms with Crippen LogP contribution in [0.15, 0.2) is 24.3 Å². The second kappa shape index (κ2) is 8.77. The molecular formula is C18H28ClNO. The lowest BCUT2D eigenvalue weighted by Gasteiger charge is -2.21. The van der Waals surface area contributed by atoms with Crippen molar-refractivity contribution in [2.24, 2.45) is 5.92 Å². The summed E-state index contributed by atoms with van der Waals surface area (Å²) < 4.78 is 5.76. The molecule has 1 fully saturated rings. The molecule has 0 bridgehead atoms. The van der Waals surface area contributed by atoms with E-state index in [0.717, 1.165) is 37.6 Å². The standard InChI is InChI=1S/C18H28ClNO/c1-14(2)12-20-13-15(9-10-16-6-5-11-21-16)17-7-3-4-8-18(17)19/h3-4,7-8,14-16,20H,5-6,9-13H2,1-2H3. The van der Waals surface area contributed by atoms with Crippen molar-refractivity contribution < 1.29 is 4.74 Å². The maximum absolute atomic E-state index is 6.40. The van der Waals surface area contributed by atoms with Crippen LogP contribution in [0.3, 0.4) is 0 Å². The number of nitrogens with one attached hydrogen (secondary N) is 1. The molecule has 1 N–H and O–H groups in total. The monoisotopic (exact) mass is 309 g/mol. The predicted octanol–water partition coefficient (Wildman–Crippen LogP) is 4.63. The largest absolute Gasteiger partial charge is 0.378 e. The normalized spacial score (nSPS) is 20.1. The van der Waals surface area contributed by atoms with Gasteiger partial charge >= 0.3 is 0 Å². The van der Waals surface area contributed by atoms with Gasteiger partial charge in [-0.1, -0.05) is 43.6 Å². The van der Waals surface area contributed by atoms with Crippen molar-refractivity contribution in [3.8, 4) is 0 Å². The van der Waals surface area contributed by atoms with Crippen molar-refractivity contribution in [2.45, 2.75) is 51.6 Å². The fourth-order valence-corrected chi connectivity index (χ4v) is 3.27. The molecule has 3 heteroatoms. The van der Waals surface area contributed by atoms with Gasteiger partial charge in [-0.2, -0.15) is 0 Å². The summed E-state index contributed by atoms with van der Waals surface area (Å²) in [6.07, 6.45) is 5.17. The Labute approximate surface area is 134 Å². The fourth-order valence-electron chi connectivity index (χ4n) is 2.98. The van der Waals surface area contributed by atoms with E-state index in [2.05, 4.69) is 31.3 Å². The molecule has 2 nitrogen and oxygen atoms in total. The number of benzene rings is 1. The summed E-state index contributed by atoms with van der Waals surface area (Å²) in [6.45, 7) is 7.47. The van der Waals surface area contributed by atoms with Crippen LogP contribution in [-0.2, 0) is 4.74 Å². The quantitative estimate of drug-likeness (QED) is 0.756. The summed E-state index contributed by atoms with van der Waals surface area (Å²) >= 11 is 6.40. The van der Waals surface area contributed by atoms with Crippen LogP contribution in [-0.4, -0.2) is 25.8 Å². The predicted molar refractivity (Wildman–Crippen MR) is 90.1 cm³/mol. The van der Waals surface area contributed by atoms with Gasteiger partial charge in [-0.25, -0.2) is 0 Å². The zero-order valence-electron chi connectivity index (χ0n) is 13.3. The van der Waals surface area contributed by atoms with Crippen molar-refractivity contribution in [1.29, 1.82) is 0 Å². The first-order valence-corrected chi connectivity index (χ1v) is 8.61. The highest BCUT2D eigenvalue weighted by molar-refractivity contribution is 6.31. The molecule has 0 aliphatic carbocycles. The lowest BCUT2D eigenvalue weighted by atomic mass is 9.92. The van der Waals surface area contributed by atoms with Crippen LogP contribution < -0.4 is 5.32 Å². The molecule has 0 spiro atoms. The van der Waals surface area contributed by atoms with Crippen molar-refractivity contribution >= 4 is 11.6 Å². The zero-order chi connectivity index (χ0) is 15.1. The van der Waals surface area contributed by atoms with Crippen molar-refractivity contribution in [1.82, 2.24) is 5.32 Å². The van der Waals surface area contributed by atoms with Crippen molar-refractivity contribution in [3.63, 3.8) is 0 Å². The summed E-state index contributed by atoms with van der Waals surface area (Å²) in [4.78, 5) is 0. The van der Waals surface area contributed by atoms with Crippen LogP contribution >= 0.6 is 11.6 Å². The SMILES string of the molecule is CC(C)CNCC(CCC1CCCO1)c1ccccc1Cl. The third-order valence-corrected chi connectivity index (χ3v) is 4.49. The maximum Gasteiger partial charge on any atom is 0.0576 e. The van der Waals surface area contributed by atoms with Gasteiger partial charge in [0.1, 0.15) is 0 Å². The number of ether oxygens (including phenoxy) is 1. The Morgan fingerprint density at radius 1 is 1.29 bits per heavy atom. The van der Waals surface area contributed by atoms with Gasteiger partial charge in [0.2, 0.25) is 0 Å². The molecule has 1 aromatic carbocycles. The van der Waals surface area contributed by atoms with Gasteiger partial charge in [-0.3, -0.25) is 0 Å². The zero-order valence-corrected chi connectivity index (χ0v) is 14.0. The minimum atomic E-state index is 0.458. The van der Waals surface area contributed by atoms with E-state index in [0.29, 0.717) is 17.9 Å². The lowest BCUT2D eigenvalue weighted by molar-refractivity contribution is 0.100. The van der Waals surface area contributed by atoms with E-state index in [1.807, 2.05) is 12.1 Å². The average Bonchev–Trinajstić information content (AvgIpc) is 2.96. The van der Waals surface area contributed by atoms with Crippen LogP contribution in [0.2, 0.25) is 5.02 Å². The molecular weight excluding hydrogens is 282 g/mol. The van der Waals surface area contributed by atoms with E-state index in [4.69, 9.17) is 16.3 Å². The number of rotatable bonds is 8. The Kier molecular flexibility index (Phi) is 7.01. The van der Waals surface area contributed by atoms with Gasteiger partial charge in [0.15, 0.2) is 0 Å². The van der Waals surface area contributed by atoms with Gasteiger partial charge in [0.05, 0.1) is 6.10 Å². The minimum Gasteiger partial charge on any atom is -0.378 e. The highest BCUT2D eigenvalue weighted by Crippen LogP contribution is 2.30. The summed E-state index contributed by atoms with van der Waals surface area (Å²) in [6, 6.07) is 8.26. The molecule has 2 rings (SSSR count). The first-order valence-electron chi connectivity index (χ1n) is 8.23. The smallest absolute Gasteiger partial charge is 0.0576 e. The molecule has 2 atom stereocenters. The molecule has 1 aliphatic rings. The lowest BCUT2D eigenvalue weighted by Crippen LogP contribution is -2.26. The van der Waals surface area contributed by atoms with Gasteiger partial charge in [0, 0.05) is 18.2 Å². The molecule has 0 amide bonds. The minimum absolute atomic E-state index is 0.458. The molecule has 1 saturated heterocycles. The topological polar surface area (TPSA) is 21.3 Å².